The van der Waals surface area contributed by atoms with Gasteiger partial charge in [0, 0.05) is 24.1 Å². The minimum absolute atomic E-state index is 0.113. The van der Waals surface area contributed by atoms with E-state index in [1.165, 1.54) is 5.56 Å². The number of hydrogen-bond acceptors (Lipinski definition) is 4. The molecule has 1 N–H and O–H groups in total. The van der Waals surface area contributed by atoms with E-state index in [0.29, 0.717) is 18.0 Å². The Morgan fingerprint density at radius 1 is 1.12 bits per heavy atom. The molecule has 1 atom stereocenters. The first kappa shape index (κ1) is 18.2. The van der Waals surface area contributed by atoms with Gasteiger partial charge in [-0.3, -0.25) is 4.79 Å². The predicted octanol–water partition coefficient (Wildman–Crippen LogP) is 3.51. The summed E-state index contributed by atoms with van der Waals surface area (Å²) in [5, 5.41) is 2.90. The van der Waals surface area contributed by atoms with Gasteiger partial charge in [-0.15, -0.1) is 0 Å². The van der Waals surface area contributed by atoms with Gasteiger partial charge < -0.3 is 14.8 Å². The lowest BCUT2D eigenvalue weighted by Crippen LogP contribution is -2.37. The van der Waals surface area contributed by atoms with Crippen LogP contribution in [0.3, 0.4) is 0 Å². The highest BCUT2D eigenvalue weighted by Gasteiger charge is 2.14. The topological polar surface area (TPSA) is 47.6 Å². The second kappa shape index (κ2) is 9.88. The minimum atomic E-state index is -0.545. The van der Waals surface area contributed by atoms with Crippen LogP contribution in [0.5, 0.6) is 11.5 Å². The Morgan fingerprint density at radius 3 is 2.62 bits per heavy atom. The molecule has 2 aromatic rings. The Morgan fingerprint density at radius 2 is 1.88 bits per heavy atom. The van der Waals surface area contributed by atoms with Crippen molar-refractivity contribution in [2.45, 2.75) is 18.8 Å². The van der Waals surface area contributed by atoms with Crippen LogP contribution in [0, 0.1) is 0 Å². The van der Waals surface area contributed by atoms with Crippen molar-refractivity contribution in [1.29, 1.82) is 0 Å². The average molecular weight is 345 g/mol. The smallest absolute Gasteiger partial charge is 0.260 e. The normalized spacial score (nSPS) is 11.6. The van der Waals surface area contributed by atoms with Gasteiger partial charge in [-0.2, -0.15) is 11.8 Å². The van der Waals surface area contributed by atoms with Crippen molar-refractivity contribution >= 4 is 17.7 Å². The van der Waals surface area contributed by atoms with Crippen LogP contribution in [0.1, 0.15) is 12.5 Å². The van der Waals surface area contributed by atoms with Gasteiger partial charge in [0.1, 0.15) is 11.5 Å². The van der Waals surface area contributed by atoms with Crippen LogP contribution in [0.25, 0.3) is 0 Å². The molecule has 0 heterocycles. The van der Waals surface area contributed by atoms with Crippen LogP contribution in [0.15, 0.2) is 54.6 Å². The average Bonchev–Trinajstić information content (AvgIpc) is 2.62. The summed E-state index contributed by atoms with van der Waals surface area (Å²) >= 11 is 1.80. The first-order valence-electron chi connectivity index (χ1n) is 7.89. The molecule has 0 fully saturated rings. The summed E-state index contributed by atoms with van der Waals surface area (Å²) < 4.78 is 10.8. The van der Waals surface area contributed by atoms with Crippen molar-refractivity contribution in [3.05, 3.63) is 60.2 Å². The lowest BCUT2D eigenvalue weighted by Gasteiger charge is -2.15. The maximum Gasteiger partial charge on any atom is 0.260 e. The van der Waals surface area contributed by atoms with Gasteiger partial charge in [0.25, 0.3) is 5.91 Å². The zero-order valence-electron chi connectivity index (χ0n) is 14.0. The highest BCUT2D eigenvalue weighted by atomic mass is 32.2. The minimum Gasteiger partial charge on any atom is -0.497 e. The van der Waals surface area contributed by atoms with E-state index < -0.39 is 6.10 Å². The molecular weight excluding hydrogens is 322 g/mol. The second-order valence-electron chi connectivity index (χ2n) is 5.27. The molecule has 0 aliphatic heterocycles. The van der Waals surface area contributed by atoms with Crippen molar-refractivity contribution in [2.24, 2.45) is 0 Å². The summed E-state index contributed by atoms with van der Waals surface area (Å²) in [6.45, 7) is 2.37. The molecule has 2 aromatic carbocycles. The summed E-state index contributed by atoms with van der Waals surface area (Å²) in [6, 6.07) is 17.5. The number of thioether (sulfide) groups is 1. The molecule has 5 heteroatoms. The van der Waals surface area contributed by atoms with E-state index in [1.54, 1.807) is 31.9 Å². The summed E-state index contributed by atoms with van der Waals surface area (Å²) in [5.41, 5.74) is 1.29. The van der Waals surface area contributed by atoms with Crippen LogP contribution >= 0.6 is 11.8 Å². The molecule has 2 rings (SSSR count). The van der Waals surface area contributed by atoms with E-state index in [2.05, 4.69) is 17.4 Å². The first-order valence-corrected chi connectivity index (χ1v) is 9.04. The van der Waals surface area contributed by atoms with Crippen LogP contribution in [-0.2, 0) is 10.5 Å². The van der Waals surface area contributed by atoms with E-state index in [9.17, 15) is 4.79 Å². The zero-order valence-corrected chi connectivity index (χ0v) is 14.8. The van der Waals surface area contributed by atoms with E-state index in [1.807, 2.05) is 36.4 Å². The van der Waals surface area contributed by atoms with Crippen molar-refractivity contribution < 1.29 is 14.3 Å². The fourth-order valence-electron chi connectivity index (χ4n) is 2.09. The fraction of sp³-hybridized carbons (Fsp3) is 0.316. The van der Waals surface area contributed by atoms with Gasteiger partial charge in [0.2, 0.25) is 0 Å². The number of carbonyl (C=O) groups excluding carboxylic acids is 1. The number of ether oxygens (including phenoxy) is 2. The molecule has 0 bridgehead atoms. The molecule has 0 spiro atoms. The Kier molecular flexibility index (Phi) is 7.49. The largest absolute Gasteiger partial charge is 0.497 e. The third-order valence-corrected chi connectivity index (χ3v) is 4.41. The van der Waals surface area contributed by atoms with Gasteiger partial charge in [-0.1, -0.05) is 36.4 Å². The van der Waals surface area contributed by atoms with Crippen LogP contribution in [-0.4, -0.2) is 31.4 Å². The molecule has 0 radical (unpaired) electrons. The molecule has 0 saturated carbocycles. The molecule has 0 aliphatic rings. The molecule has 0 aromatic heterocycles. The van der Waals surface area contributed by atoms with Crippen molar-refractivity contribution in [2.75, 3.05) is 19.4 Å². The molecule has 1 amide bonds. The SMILES string of the molecule is COc1cccc(O[C@@H](C)C(=O)NCCSCc2ccccc2)c1. The van der Waals surface area contributed by atoms with Gasteiger partial charge in [0.05, 0.1) is 7.11 Å². The zero-order chi connectivity index (χ0) is 17.2. The molecule has 128 valence electrons. The Bertz CT molecular complexity index is 634. The highest BCUT2D eigenvalue weighted by molar-refractivity contribution is 7.98. The van der Waals surface area contributed by atoms with Crippen LogP contribution in [0.2, 0.25) is 0 Å². The molecule has 4 nitrogen and oxygen atoms in total. The van der Waals surface area contributed by atoms with Gasteiger partial charge in [-0.05, 0) is 24.6 Å². The number of methoxy groups -OCH3 is 1. The van der Waals surface area contributed by atoms with E-state index >= 15 is 0 Å². The highest BCUT2D eigenvalue weighted by Crippen LogP contribution is 2.20. The number of nitrogens with one attached hydrogen (secondary N) is 1. The third kappa shape index (κ3) is 6.16. The fourth-order valence-corrected chi connectivity index (χ4v) is 2.91. The summed E-state index contributed by atoms with van der Waals surface area (Å²) in [5.74, 6) is 3.03. The van der Waals surface area contributed by atoms with Gasteiger partial charge in [0.15, 0.2) is 6.10 Å². The Hall–Kier alpha value is -2.14. The summed E-state index contributed by atoms with van der Waals surface area (Å²) in [4.78, 5) is 12.1. The number of hydrogen-bond donors (Lipinski definition) is 1. The standard InChI is InChI=1S/C19H23NO3S/c1-15(23-18-10-6-9-17(13-18)22-2)19(21)20-11-12-24-14-16-7-4-3-5-8-16/h3-10,13,15H,11-12,14H2,1-2H3,(H,20,21)/t15-/m0/s1. The molecule has 0 unspecified atom stereocenters. The summed E-state index contributed by atoms with van der Waals surface area (Å²) in [6.07, 6.45) is -0.545. The Labute approximate surface area is 147 Å². The van der Waals surface area contributed by atoms with Crippen molar-refractivity contribution in [3.63, 3.8) is 0 Å². The number of rotatable bonds is 9. The Balaban J connectivity index is 1.66. The third-order valence-electron chi connectivity index (χ3n) is 3.38. The first-order chi connectivity index (χ1) is 11.7. The van der Waals surface area contributed by atoms with E-state index in [0.717, 1.165) is 11.5 Å². The van der Waals surface area contributed by atoms with Crippen LogP contribution in [0.4, 0.5) is 0 Å². The number of carbonyl (C=O) groups is 1. The van der Waals surface area contributed by atoms with Crippen molar-refractivity contribution in [1.82, 2.24) is 5.32 Å². The monoisotopic (exact) mass is 345 g/mol. The second-order valence-corrected chi connectivity index (χ2v) is 6.37. The summed E-state index contributed by atoms with van der Waals surface area (Å²) in [7, 11) is 1.60. The van der Waals surface area contributed by atoms with E-state index in [-0.39, 0.29) is 5.91 Å². The molecule has 0 aliphatic carbocycles. The predicted molar refractivity (Wildman–Crippen MR) is 98.7 cm³/mol. The quantitative estimate of drug-likeness (QED) is 0.707. The molecule has 0 saturated heterocycles. The number of benzene rings is 2. The van der Waals surface area contributed by atoms with Gasteiger partial charge >= 0.3 is 0 Å². The van der Waals surface area contributed by atoms with E-state index in [4.69, 9.17) is 9.47 Å². The molecule has 24 heavy (non-hydrogen) atoms. The molecular formula is C19H23NO3S. The lowest BCUT2D eigenvalue weighted by atomic mass is 10.2. The maximum absolute atomic E-state index is 12.1. The lowest BCUT2D eigenvalue weighted by molar-refractivity contribution is -0.127. The van der Waals surface area contributed by atoms with Crippen LogP contribution < -0.4 is 14.8 Å². The van der Waals surface area contributed by atoms with Gasteiger partial charge in [-0.25, -0.2) is 0 Å². The van der Waals surface area contributed by atoms with Crippen molar-refractivity contribution in [3.8, 4) is 11.5 Å². The maximum atomic E-state index is 12.1. The number of amides is 1.